The molecule has 0 saturated carbocycles. The van der Waals surface area contributed by atoms with Crippen LogP contribution in [-0.4, -0.2) is 15.5 Å². The third-order valence-electron chi connectivity index (χ3n) is 0.686. The van der Waals surface area contributed by atoms with Gasteiger partial charge in [0.05, 0.1) is 0 Å². The van der Waals surface area contributed by atoms with E-state index in [4.69, 9.17) is 0 Å². The smallest absolute Gasteiger partial charge is 0.339 e. The second-order valence-electron chi connectivity index (χ2n) is 1.44. The largest absolute Gasteiger partial charge is 0.449 e. The molecule has 0 bridgehead atoms. The number of nitrogens with zero attached hydrogens (tertiary/aromatic N) is 1. The average molecular weight is 168 g/mol. The highest BCUT2D eigenvalue weighted by Crippen LogP contribution is 2.34. The predicted octanol–water partition coefficient (Wildman–Crippen LogP) is 2.02. The number of hydrogen-bond acceptors (Lipinski definition) is 2. The minimum absolute atomic E-state index is 0.132. The Morgan fingerprint density at radius 3 is 2.60 bits per heavy atom. The first kappa shape index (κ1) is 7.46. The Labute approximate surface area is 58.8 Å². The number of alkyl halides is 3. The first-order valence-electron chi connectivity index (χ1n) is 2.33. The van der Waals surface area contributed by atoms with Crippen molar-refractivity contribution in [2.75, 3.05) is 0 Å². The molecule has 1 N–H and O–H groups in total. The van der Waals surface area contributed by atoms with Crippen molar-refractivity contribution in [3.05, 3.63) is 12.4 Å². The van der Waals surface area contributed by atoms with Gasteiger partial charge in [-0.3, -0.25) is 0 Å². The lowest BCUT2D eigenvalue weighted by atomic mass is 11.0. The average Bonchev–Trinajstić information content (AvgIpc) is 2.12. The molecule has 0 aliphatic rings. The Bertz CT molecular complexity index is 193. The third kappa shape index (κ3) is 2.30. The van der Waals surface area contributed by atoms with Crippen molar-refractivity contribution >= 4 is 11.8 Å². The molecular weight excluding hydrogens is 165 g/mol. The monoisotopic (exact) mass is 168 g/mol. The van der Waals surface area contributed by atoms with Gasteiger partial charge < -0.3 is 4.98 Å². The highest BCUT2D eigenvalue weighted by Gasteiger charge is 2.30. The van der Waals surface area contributed by atoms with Crippen LogP contribution in [0, 0.1) is 0 Å². The summed E-state index contributed by atoms with van der Waals surface area (Å²) in [4.78, 5) is 5.71. The fraction of sp³-hybridized carbons (Fsp3) is 0.250. The van der Waals surface area contributed by atoms with Gasteiger partial charge in [0.15, 0.2) is 5.16 Å². The predicted molar refractivity (Wildman–Crippen MR) is 30.5 cm³/mol. The van der Waals surface area contributed by atoms with E-state index in [1.807, 2.05) is 0 Å². The van der Waals surface area contributed by atoms with Crippen LogP contribution < -0.4 is 0 Å². The van der Waals surface area contributed by atoms with Gasteiger partial charge in [0.25, 0.3) is 0 Å². The van der Waals surface area contributed by atoms with Crippen LogP contribution in [0.25, 0.3) is 0 Å². The molecule has 0 spiro atoms. The lowest BCUT2D eigenvalue weighted by molar-refractivity contribution is -0.0330. The van der Waals surface area contributed by atoms with Gasteiger partial charge in [0.2, 0.25) is 0 Å². The summed E-state index contributed by atoms with van der Waals surface area (Å²) in [7, 11) is 0. The van der Waals surface area contributed by atoms with Crippen LogP contribution in [0.2, 0.25) is 0 Å². The Morgan fingerprint density at radius 2 is 2.20 bits per heavy atom. The maximum atomic E-state index is 11.5. The van der Waals surface area contributed by atoms with Crippen molar-refractivity contribution in [3.63, 3.8) is 0 Å². The van der Waals surface area contributed by atoms with E-state index in [0.29, 0.717) is 0 Å². The molecule has 0 amide bonds. The molecule has 0 radical (unpaired) electrons. The molecule has 56 valence electrons. The van der Waals surface area contributed by atoms with Crippen LogP contribution in [0.3, 0.4) is 0 Å². The zero-order chi connectivity index (χ0) is 7.61. The summed E-state index contributed by atoms with van der Waals surface area (Å²) >= 11 is -0.259. The summed E-state index contributed by atoms with van der Waals surface area (Å²) in [6, 6.07) is 0. The maximum Gasteiger partial charge on any atom is 0.449 e. The molecule has 2 nitrogen and oxygen atoms in total. The number of thioether (sulfide) groups is 1. The van der Waals surface area contributed by atoms with Crippen molar-refractivity contribution in [1.82, 2.24) is 9.97 Å². The van der Waals surface area contributed by atoms with E-state index in [1.54, 1.807) is 0 Å². The minimum atomic E-state index is -4.25. The molecule has 0 aliphatic carbocycles. The standard InChI is InChI=1S/C4H3F3N2S/c5-4(6,7)10-3-8-1-2-9-3/h1-2H,(H,8,9). The zero-order valence-corrected chi connectivity index (χ0v) is 5.46. The summed E-state index contributed by atoms with van der Waals surface area (Å²) in [6.45, 7) is 0. The first-order valence-corrected chi connectivity index (χ1v) is 3.15. The van der Waals surface area contributed by atoms with Crippen molar-refractivity contribution in [1.29, 1.82) is 0 Å². The van der Waals surface area contributed by atoms with Crippen LogP contribution in [0.1, 0.15) is 0 Å². The number of imidazole rings is 1. The molecule has 0 atom stereocenters. The molecule has 1 heterocycles. The molecular formula is C4H3F3N2S. The Balaban J connectivity index is 2.57. The van der Waals surface area contributed by atoms with Gasteiger partial charge in [0, 0.05) is 24.2 Å². The number of H-pyrrole nitrogens is 1. The molecule has 0 saturated heterocycles. The molecule has 1 aromatic rings. The van der Waals surface area contributed by atoms with Crippen LogP contribution in [0.4, 0.5) is 13.2 Å². The topological polar surface area (TPSA) is 28.7 Å². The summed E-state index contributed by atoms with van der Waals surface area (Å²) in [5, 5.41) is -0.132. The number of nitrogens with one attached hydrogen (secondary N) is 1. The van der Waals surface area contributed by atoms with E-state index in [-0.39, 0.29) is 16.9 Å². The molecule has 1 aromatic heterocycles. The van der Waals surface area contributed by atoms with E-state index in [0.717, 1.165) is 0 Å². The van der Waals surface area contributed by atoms with Gasteiger partial charge in [0.1, 0.15) is 0 Å². The van der Waals surface area contributed by atoms with E-state index in [2.05, 4.69) is 9.97 Å². The number of hydrogen-bond donors (Lipinski definition) is 1. The Kier molecular flexibility index (Phi) is 1.89. The quantitative estimate of drug-likeness (QED) is 0.650. The highest BCUT2D eigenvalue weighted by atomic mass is 32.2. The maximum absolute atomic E-state index is 11.5. The van der Waals surface area contributed by atoms with Crippen LogP contribution in [-0.2, 0) is 0 Å². The van der Waals surface area contributed by atoms with Gasteiger partial charge in [-0.05, 0) is 0 Å². The van der Waals surface area contributed by atoms with Crippen molar-refractivity contribution in [2.45, 2.75) is 10.7 Å². The lowest BCUT2D eigenvalue weighted by Gasteiger charge is -2.00. The van der Waals surface area contributed by atoms with Gasteiger partial charge in [-0.25, -0.2) is 4.98 Å². The first-order chi connectivity index (χ1) is 4.58. The molecule has 0 fully saturated rings. The zero-order valence-electron chi connectivity index (χ0n) is 4.64. The second-order valence-corrected chi connectivity index (χ2v) is 2.50. The minimum Gasteiger partial charge on any atom is -0.339 e. The number of aromatic amines is 1. The number of rotatable bonds is 1. The Morgan fingerprint density at radius 1 is 1.50 bits per heavy atom. The molecule has 0 aromatic carbocycles. The van der Waals surface area contributed by atoms with Gasteiger partial charge in [-0.15, -0.1) is 0 Å². The van der Waals surface area contributed by atoms with E-state index in [9.17, 15) is 13.2 Å². The third-order valence-corrected chi connectivity index (χ3v) is 1.33. The van der Waals surface area contributed by atoms with Gasteiger partial charge in [-0.2, -0.15) is 13.2 Å². The van der Waals surface area contributed by atoms with Crippen molar-refractivity contribution < 1.29 is 13.2 Å². The molecule has 0 aliphatic heterocycles. The summed E-state index contributed by atoms with van der Waals surface area (Å²) < 4.78 is 34.6. The van der Waals surface area contributed by atoms with E-state index < -0.39 is 5.51 Å². The van der Waals surface area contributed by atoms with E-state index in [1.165, 1.54) is 12.4 Å². The number of aromatic nitrogens is 2. The molecule has 1 rings (SSSR count). The fourth-order valence-electron chi connectivity index (χ4n) is 0.416. The molecule has 10 heavy (non-hydrogen) atoms. The molecule has 6 heteroatoms. The summed E-state index contributed by atoms with van der Waals surface area (Å²) in [6.07, 6.45) is 2.61. The Hall–Kier alpha value is -0.650. The van der Waals surface area contributed by atoms with Gasteiger partial charge in [-0.1, -0.05) is 0 Å². The number of halogens is 3. The summed E-state index contributed by atoms with van der Waals surface area (Å²) in [5.41, 5.74) is -4.25. The van der Waals surface area contributed by atoms with Crippen LogP contribution in [0.5, 0.6) is 0 Å². The second kappa shape index (κ2) is 2.53. The van der Waals surface area contributed by atoms with Crippen molar-refractivity contribution in [3.8, 4) is 0 Å². The SMILES string of the molecule is FC(F)(F)Sc1ncc[nH]1. The molecule has 0 unspecified atom stereocenters. The normalized spacial score (nSPS) is 11.9. The fourth-order valence-corrected chi connectivity index (χ4v) is 0.876. The van der Waals surface area contributed by atoms with Crippen molar-refractivity contribution in [2.24, 2.45) is 0 Å². The van der Waals surface area contributed by atoms with Crippen LogP contribution in [0.15, 0.2) is 17.6 Å². The van der Waals surface area contributed by atoms with Crippen LogP contribution >= 0.6 is 11.8 Å². The highest BCUT2D eigenvalue weighted by molar-refractivity contribution is 8.00. The van der Waals surface area contributed by atoms with Gasteiger partial charge >= 0.3 is 5.51 Å². The van der Waals surface area contributed by atoms with E-state index >= 15 is 0 Å². The lowest BCUT2D eigenvalue weighted by Crippen LogP contribution is -1.99. The summed E-state index contributed by atoms with van der Waals surface area (Å²) in [5.74, 6) is 0.